The molecule has 0 atom stereocenters. The summed E-state index contributed by atoms with van der Waals surface area (Å²) in [5, 5.41) is 3.48. The molecule has 1 aromatic carbocycles. The fraction of sp³-hybridized carbons (Fsp3) is 0.444. The third kappa shape index (κ3) is 4.05. The van der Waals surface area contributed by atoms with Crippen LogP contribution in [0.5, 0.6) is 0 Å². The van der Waals surface area contributed by atoms with Gasteiger partial charge in [-0.15, -0.1) is 0 Å². The summed E-state index contributed by atoms with van der Waals surface area (Å²) in [6.45, 7) is -1.96. The quantitative estimate of drug-likeness (QED) is 0.746. The van der Waals surface area contributed by atoms with Crippen LogP contribution in [0.4, 0.5) is 17.6 Å². The van der Waals surface area contributed by atoms with Gasteiger partial charge in [0.15, 0.2) is 0 Å². The first-order chi connectivity index (χ1) is 12.5. The van der Waals surface area contributed by atoms with Gasteiger partial charge in [0, 0.05) is 19.3 Å². The summed E-state index contributed by atoms with van der Waals surface area (Å²) in [6.07, 6.45) is 3.70. The second kappa shape index (κ2) is 7.88. The number of rotatable bonds is 5. The lowest BCUT2D eigenvalue weighted by molar-refractivity contribution is 0.0443. The minimum absolute atomic E-state index is 0.125. The Bertz CT molecular complexity index is 770. The van der Waals surface area contributed by atoms with Crippen molar-refractivity contribution in [1.82, 2.24) is 14.7 Å². The van der Waals surface area contributed by atoms with E-state index in [0.717, 1.165) is 12.1 Å². The van der Waals surface area contributed by atoms with Crippen LogP contribution < -0.4 is 0 Å². The van der Waals surface area contributed by atoms with Crippen LogP contribution in [-0.2, 0) is 6.42 Å². The maximum Gasteiger partial charge on any atom is 0.333 e. The molecule has 0 aliphatic carbocycles. The van der Waals surface area contributed by atoms with Gasteiger partial charge in [-0.3, -0.25) is 4.79 Å². The smallest absolute Gasteiger partial charge is 0.333 e. The Morgan fingerprint density at radius 1 is 1.19 bits per heavy atom. The van der Waals surface area contributed by atoms with Crippen molar-refractivity contribution >= 4 is 5.91 Å². The van der Waals surface area contributed by atoms with Crippen molar-refractivity contribution in [3.63, 3.8) is 0 Å². The molecule has 0 unspecified atom stereocenters. The molecule has 0 saturated carbocycles. The highest BCUT2D eigenvalue weighted by molar-refractivity contribution is 5.92. The number of hydrogen-bond acceptors (Lipinski definition) is 2. The van der Waals surface area contributed by atoms with Crippen LogP contribution in [0.3, 0.4) is 0 Å². The first kappa shape index (κ1) is 18.4. The lowest BCUT2D eigenvalue weighted by Gasteiger charge is -2.32. The number of carbonyl (C=O) groups excluding carboxylic acids is 1. The monoisotopic (exact) mass is 369 g/mol. The van der Waals surface area contributed by atoms with E-state index in [1.165, 1.54) is 23.2 Å². The molecular formula is C18H19F4N3O. The zero-order valence-corrected chi connectivity index (χ0v) is 14.0. The highest BCUT2D eigenvalue weighted by Gasteiger charge is 2.27. The molecule has 3 rings (SSSR count). The van der Waals surface area contributed by atoms with Gasteiger partial charge in [-0.2, -0.15) is 18.6 Å². The summed E-state index contributed by atoms with van der Waals surface area (Å²) in [5.74, 6) is -1.06. The van der Waals surface area contributed by atoms with Gasteiger partial charge in [0.1, 0.15) is 17.3 Å². The van der Waals surface area contributed by atoms with Crippen molar-refractivity contribution < 1.29 is 22.4 Å². The van der Waals surface area contributed by atoms with Crippen molar-refractivity contribution in [3.8, 4) is 0 Å². The number of aryl methyl sites for hydroxylation is 1. The van der Waals surface area contributed by atoms with E-state index in [2.05, 4.69) is 5.10 Å². The first-order valence-corrected chi connectivity index (χ1v) is 8.50. The van der Waals surface area contributed by atoms with E-state index < -0.39 is 24.1 Å². The lowest BCUT2D eigenvalue weighted by atomic mass is 9.90. The zero-order chi connectivity index (χ0) is 18.7. The Morgan fingerprint density at radius 2 is 1.92 bits per heavy atom. The van der Waals surface area contributed by atoms with E-state index in [9.17, 15) is 22.4 Å². The number of amides is 1. The van der Waals surface area contributed by atoms with Crippen LogP contribution in [0, 0.1) is 17.6 Å². The number of aromatic nitrogens is 2. The molecule has 0 spiro atoms. The van der Waals surface area contributed by atoms with E-state index in [1.54, 1.807) is 0 Å². The Kier molecular flexibility index (Phi) is 5.58. The number of benzene rings is 1. The Labute approximate surface area is 148 Å². The Balaban J connectivity index is 1.53. The summed E-state index contributed by atoms with van der Waals surface area (Å²) in [4.78, 5) is 13.9. The summed E-state index contributed by atoms with van der Waals surface area (Å²) in [7, 11) is 0. The van der Waals surface area contributed by atoms with Crippen LogP contribution in [0.1, 0.15) is 41.9 Å². The van der Waals surface area contributed by atoms with E-state index >= 15 is 0 Å². The molecule has 1 saturated heterocycles. The SMILES string of the molecule is O=C(c1ccnn1C(F)F)N1CCC(CCc2cc(F)ccc2F)CC1. The zero-order valence-electron chi connectivity index (χ0n) is 14.0. The Hall–Kier alpha value is -2.38. The molecule has 140 valence electrons. The topological polar surface area (TPSA) is 38.1 Å². The van der Waals surface area contributed by atoms with Gasteiger partial charge in [0.05, 0.1) is 0 Å². The summed E-state index contributed by atoms with van der Waals surface area (Å²) < 4.78 is 53.0. The van der Waals surface area contributed by atoms with Gasteiger partial charge >= 0.3 is 6.55 Å². The van der Waals surface area contributed by atoms with Crippen molar-refractivity contribution in [3.05, 3.63) is 53.4 Å². The summed E-state index contributed by atoms with van der Waals surface area (Å²) >= 11 is 0. The Morgan fingerprint density at radius 3 is 2.62 bits per heavy atom. The maximum atomic E-state index is 13.7. The van der Waals surface area contributed by atoms with Gasteiger partial charge in [0.25, 0.3) is 5.91 Å². The van der Waals surface area contributed by atoms with E-state index in [0.29, 0.717) is 49.0 Å². The molecule has 2 heterocycles. The summed E-state index contributed by atoms with van der Waals surface area (Å²) in [5.41, 5.74) is 0.227. The van der Waals surface area contributed by atoms with Crippen LogP contribution in [0.2, 0.25) is 0 Å². The van der Waals surface area contributed by atoms with E-state index in [-0.39, 0.29) is 11.6 Å². The van der Waals surface area contributed by atoms with E-state index in [1.807, 2.05) is 0 Å². The van der Waals surface area contributed by atoms with Crippen molar-refractivity contribution in [2.45, 2.75) is 32.2 Å². The highest BCUT2D eigenvalue weighted by Crippen LogP contribution is 2.25. The van der Waals surface area contributed by atoms with Crippen molar-refractivity contribution in [2.24, 2.45) is 5.92 Å². The number of nitrogens with zero attached hydrogens (tertiary/aromatic N) is 3. The largest absolute Gasteiger partial charge is 0.337 e. The molecule has 4 nitrogen and oxygen atoms in total. The number of carbonyl (C=O) groups is 1. The van der Waals surface area contributed by atoms with Crippen molar-refractivity contribution in [2.75, 3.05) is 13.1 Å². The van der Waals surface area contributed by atoms with Gasteiger partial charge < -0.3 is 4.90 Å². The molecule has 1 fully saturated rings. The molecule has 1 aliphatic rings. The minimum Gasteiger partial charge on any atom is -0.337 e. The highest BCUT2D eigenvalue weighted by atomic mass is 19.3. The molecular weight excluding hydrogens is 350 g/mol. The van der Waals surface area contributed by atoms with Gasteiger partial charge in [-0.05, 0) is 61.4 Å². The fourth-order valence-electron chi connectivity index (χ4n) is 3.32. The normalized spacial score (nSPS) is 15.7. The van der Waals surface area contributed by atoms with Crippen molar-refractivity contribution in [1.29, 1.82) is 0 Å². The predicted molar refractivity (Wildman–Crippen MR) is 86.8 cm³/mol. The molecule has 0 bridgehead atoms. The molecule has 2 aromatic rings. The van der Waals surface area contributed by atoms with Gasteiger partial charge in [-0.25, -0.2) is 8.78 Å². The number of hydrogen-bond donors (Lipinski definition) is 0. The fourth-order valence-corrected chi connectivity index (χ4v) is 3.32. The number of likely N-dealkylation sites (tertiary alicyclic amines) is 1. The number of halogens is 4. The third-order valence-corrected chi connectivity index (χ3v) is 4.81. The third-order valence-electron chi connectivity index (χ3n) is 4.81. The second-order valence-corrected chi connectivity index (χ2v) is 6.45. The predicted octanol–water partition coefficient (Wildman–Crippen LogP) is 4.04. The molecule has 1 aromatic heterocycles. The molecule has 0 radical (unpaired) electrons. The first-order valence-electron chi connectivity index (χ1n) is 8.50. The molecule has 1 aliphatic heterocycles. The molecule has 8 heteroatoms. The average Bonchev–Trinajstić information content (AvgIpc) is 3.12. The standard InChI is InChI=1S/C18H19F4N3O/c19-14-3-4-15(20)13(11-14)2-1-12-6-9-24(10-7-12)17(26)16-5-8-23-25(16)18(21)22/h3-5,8,11-12,18H,1-2,6-7,9-10H2. The van der Waals surface area contributed by atoms with Crippen LogP contribution in [0.25, 0.3) is 0 Å². The second-order valence-electron chi connectivity index (χ2n) is 6.45. The van der Waals surface area contributed by atoms with Crippen LogP contribution >= 0.6 is 0 Å². The maximum absolute atomic E-state index is 13.7. The lowest BCUT2D eigenvalue weighted by Crippen LogP contribution is -2.39. The average molecular weight is 369 g/mol. The molecule has 26 heavy (non-hydrogen) atoms. The molecule has 0 N–H and O–H groups in total. The van der Waals surface area contributed by atoms with Crippen LogP contribution in [-0.4, -0.2) is 33.7 Å². The minimum atomic E-state index is -2.86. The number of piperidine rings is 1. The number of alkyl halides is 2. The molecule has 1 amide bonds. The van der Waals surface area contributed by atoms with Crippen LogP contribution in [0.15, 0.2) is 30.5 Å². The van der Waals surface area contributed by atoms with E-state index in [4.69, 9.17) is 0 Å². The summed E-state index contributed by atoms with van der Waals surface area (Å²) in [6, 6.07) is 4.71. The van der Waals surface area contributed by atoms with Gasteiger partial charge in [-0.1, -0.05) is 0 Å². The van der Waals surface area contributed by atoms with Gasteiger partial charge in [0.2, 0.25) is 0 Å².